The van der Waals surface area contributed by atoms with Crippen molar-refractivity contribution in [3.8, 4) is 23.0 Å². The highest BCUT2D eigenvalue weighted by atomic mass is 16.5. The number of carbonyl (C=O) groups is 2. The number of benzene rings is 4. The maximum Gasteiger partial charge on any atom is 0.198 e. The minimum Gasteiger partial charge on any atom is -0.497 e. The van der Waals surface area contributed by atoms with Crippen LogP contribution in [0, 0.1) is 23.7 Å². The Labute approximate surface area is 373 Å². The van der Waals surface area contributed by atoms with Crippen LogP contribution in [0.5, 0.6) is 23.0 Å². The van der Waals surface area contributed by atoms with Gasteiger partial charge in [-0.1, -0.05) is 36.4 Å². The molecule has 6 saturated heterocycles. The van der Waals surface area contributed by atoms with Crippen molar-refractivity contribution in [2.45, 2.75) is 50.0 Å². The summed E-state index contributed by atoms with van der Waals surface area (Å²) in [6.07, 6.45) is 10.8. The maximum atomic E-state index is 15.1. The number of methoxy groups -OCH3 is 2. The normalized spacial score (nSPS) is 26.5. The zero-order valence-corrected chi connectivity index (χ0v) is 36.3. The summed E-state index contributed by atoms with van der Waals surface area (Å²) in [6.45, 7) is 12.0. The van der Waals surface area contributed by atoms with Gasteiger partial charge in [-0.2, -0.15) is 0 Å². The molecule has 13 rings (SSSR count). The van der Waals surface area contributed by atoms with Crippen LogP contribution in [0.25, 0.3) is 21.8 Å². The molecule has 8 heterocycles. The second-order valence-corrected chi connectivity index (χ2v) is 18.2. The molecule has 4 aromatic carbocycles. The van der Waals surface area contributed by atoms with Crippen LogP contribution in [0.2, 0.25) is 0 Å². The summed E-state index contributed by atoms with van der Waals surface area (Å²) in [6, 6.07) is 26.6. The molecule has 6 fully saturated rings. The third-order valence-electron chi connectivity index (χ3n) is 15.1. The van der Waals surface area contributed by atoms with Crippen molar-refractivity contribution in [2.75, 3.05) is 40.4 Å². The zero-order chi connectivity index (χ0) is 43.6. The molecule has 0 amide bonds. The summed E-state index contributed by atoms with van der Waals surface area (Å²) in [5.41, 5.74) is 4.66. The van der Waals surface area contributed by atoms with Crippen LogP contribution in [0.1, 0.15) is 80.9 Å². The van der Waals surface area contributed by atoms with Gasteiger partial charge in [0, 0.05) is 58.5 Å². The molecular formula is C54H52N4O6. The molecule has 2 unspecified atom stereocenters. The summed E-state index contributed by atoms with van der Waals surface area (Å²) < 4.78 is 26.2. The van der Waals surface area contributed by atoms with Gasteiger partial charge in [0.25, 0.3) is 0 Å². The molecule has 0 spiro atoms. The van der Waals surface area contributed by atoms with Crippen LogP contribution < -0.4 is 18.9 Å². The van der Waals surface area contributed by atoms with Gasteiger partial charge in [0.2, 0.25) is 0 Å². The minimum atomic E-state index is -0.517. The standard InChI is InChI=1S/C54H52N4O6/c1-5-31-29-57-23-19-33(31)25-45(57)53(39-17-21-55-43-13-11-35(61-3)27-41(39)43)63-47-15-16-48(50-49(47)51(59)37-9-7-8-10-38(37)52(50)60)64-54(46-26-34-20-24-58(46)30-32(34)6-2)40-18-22-56-44-14-12-36(62-4)28-42(40)44/h5-18,21-22,27-28,31-34,45-46,53-54H,1-2,19-20,23-26,29-30H2,3-4H3/t31-,32-,33-,34+,45+,46-,53-,54-/m1/s1. The molecule has 0 N–H and O–H groups in total. The van der Waals surface area contributed by atoms with E-state index in [1.54, 1.807) is 38.5 Å². The molecule has 0 saturated carbocycles. The van der Waals surface area contributed by atoms with Crippen LogP contribution in [0.15, 0.2) is 123 Å². The average molecular weight is 853 g/mol. The first-order valence-electron chi connectivity index (χ1n) is 22.6. The number of nitrogens with zero attached hydrogens (tertiary/aromatic N) is 4. The van der Waals surface area contributed by atoms with Crippen LogP contribution in [-0.2, 0) is 0 Å². The van der Waals surface area contributed by atoms with Crippen molar-refractivity contribution < 1.29 is 28.5 Å². The third-order valence-corrected chi connectivity index (χ3v) is 15.1. The molecule has 6 aromatic rings. The lowest BCUT2D eigenvalue weighted by Crippen LogP contribution is -2.55. The highest BCUT2D eigenvalue weighted by molar-refractivity contribution is 6.30. The van der Waals surface area contributed by atoms with E-state index in [0.717, 1.165) is 84.8 Å². The molecular weight excluding hydrogens is 801 g/mol. The molecule has 2 aromatic heterocycles. The van der Waals surface area contributed by atoms with Gasteiger partial charge in [-0.25, -0.2) is 0 Å². The highest BCUT2D eigenvalue weighted by Gasteiger charge is 2.47. The number of hydrogen-bond acceptors (Lipinski definition) is 10. The van der Waals surface area contributed by atoms with E-state index in [-0.39, 0.29) is 34.8 Å². The topological polar surface area (TPSA) is 103 Å². The lowest BCUT2D eigenvalue weighted by atomic mass is 9.73. The molecule has 64 heavy (non-hydrogen) atoms. The van der Waals surface area contributed by atoms with Crippen LogP contribution in [0.3, 0.4) is 0 Å². The summed E-state index contributed by atoms with van der Waals surface area (Å²) in [7, 11) is 3.32. The van der Waals surface area contributed by atoms with Gasteiger partial charge in [0.05, 0.1) is 48.5 Å². The number of aromatic nitrogens is 2. The van der Waals surface area contributed by atoms with Crippen molar-refractivity contribution in [1.29, 1.82) is 0 Å². The lowest BCUT2D eigenvalue weighted by Gasteiger charge is -2.51. The van der Waals surface area contributed by atoms with Gasteiger partial charge in [0.1, 0.15) is 35.2 Å². The number of carbonyl (C=O) groups excluding carboxylic acids is 2. The molecule has 324 valence electrons. The van der Waals surface area contributed by atoms with Gasteiger partial charge in [0.15, 0.2) is 11.6 Å². The number of rotatable bonds is 12. The van der Waals surface area contributed by atoms with Crippen LogP contribution in [-0.4, -0.2) is 83.8 Å². The summed E-state index contributed by atoms with van der Waals surface area (Å²) >= 11 is 0. The zero-order valence-electron chi connectivity index (χ0n) is 36.3. The number of ketones is 2. The van der Waals surface area contributed by atoms with Gasteiger partial charge in [-0.3, -0.25) is 29.4 Å². The Bertz CT molecular complexity index is 2670. The van der Waals surface area contributed by atoms with Crippen molar-refractivity contribution in [2.24, 2.45) is 23.7 Å². The average Bonchev–Trinajstić information content (AvgIpc) is 3.36. The predicted molar refractivity (Wildman–Crippen MR) is 247 cm³/mol. The summed E-state index contributed by atoms with van der Waals surface area (Å²) in [5.74, 6) is 3.28. The number of pyridine rings is 2. The van der Waals surface area contributed by atoms with Gasteiger partial charge >= 0.3 is 0 Å². The molecule has 0 radical (unpaired) electrons. The second-order valence-electron chi connectivity index (χ2n) is 18.2. The van der Waals surface area contributed by atoms with Gasteiger partial charge in [-0.05, 0) is 123 Å². The second kappa shape index (κ2) is 16.3. The quantitative estimate of drug-likeness (QED) is 0.111. The Morgan fingerprint density at radius 2 is 1.08 bits per heavy atom. The van der Waals surface area contributed by atoms with E-state index in [1.807, 2.05) is 73.1 Å². The minimum absolute atomic E-state index is 0.0171. The smallest absolute Gasteiger partial charge is 0.198 e. The number of piperidine rings is 6. The first-order valence-corrected chi connectivity index (χ1v) is 22.6. The molecule has 1 aliphatic carbocycles. The van der Waals surface area contributed by atoms with E-state index < -0.39 is 12.2 Å². The Kier molecular flexibility index (Phi) is 10.3. The monoisotopic (exact) mass is 852 g/mol. The number of fused-ring (bicyclic) bond motifs is 10. The summed E-state index contributed by atoms with van der Waals surface area (Å²) in [4.78, 5) is 44.7. The Morgan fingerprint density at radius 3 is 1.47 bits per heavy atom. The fourth-order valence-corrected chi connectivity index (χ4v) is 11.8. The molecule has 6 aliphatic heterocycles. The molecule has 10 nitrogen and oxygen atoms in total. The maximum absolute atomic E-state index is 15.1. The SMILES string of the molecule is C=C[C@@H]1CN2CC[C@H]1C[C@@H]2[C@H](Oc1ccc(O[C@H](c2ccnc3ccc(OC)cc23)[C@@H]2C[C@H]3CCN2C[C@H]3C=C)c2c1C(=O)c1ccccc1C2=O)c1ccnc2ccc(OC)cc12. The Hall–Kier alpha value is -6.36. The van der Waals surface area contributed by atoms with E-state index in [4.69, 9.17) is 28.9 Å². The van der Waals surface area contributed by atoms with E-state index in [9.17, 15) is 0 Å². The molecule has 10 atom stereocenters. The third kappa shape index (κ3) is 6.68. The molecule has 10 heteroatoms. The number of hydrogen-bond donors (Lipinski definition) is 0. The fraction of sp³-hybridized carbons (Fsp3) is 0.333. The predicted octanol–water partition coefficient (Wildman–Crippen LogP) is 9.61. The first kappa shape index (κ1) is 40.4. The van der Waals surface area contributed by atoms with Crippen molar-refractivity contribution in [1.82, 2.24) is 19.8 Å². The molecule has 7 aliphatic rings. The van der Waals surface area contributed by atoms with E-state index in [0.29, 0.717) is 57.8 Å². The molecule has 4 bridgehead atoms. The first-order chi connectivity index (χ1) is 31.3. The van der Waals surface area contributed by atoms with Gasteiger partial charge in [-0.15, -0.1) is 13.2 Å². The highest BCUT2D eigenvalue weighted by Crippen LogP contribution is 2.49. The fourth-order valence-electron chi connectivity index (χ4n) is 11.8. The Balaban J connectivity index is 1.07. The van der Waals surface area contributed by atoms with Crippen LogP contribution in [0.4, 0.5) is 0 Å². The van der Waals surface area contributed by atoms with Crippen molar-refractivity contribution >= 4 is 33.4 Å². The Morgan fingerprint density at radius 1 is 0.625 bits per heavy atom. The van der Waals surface area contributed by atoms with Crippen molar-refractivity contribution in [3.63, 3.8) is 0 Å². The number of ether oxygens (including phenoxy) is 4. The van der Waals surface area contributed by atoms with Crippen molar-refractivity contribution in [3.05, 3.63) is 156 Å². The van der Waals surface area contributed by atoms with Gasteiger partial charge < -0.3 is 18.9 Å². The van der Waals surface area contributed by atoms with E-state index in [2.05, 4.69) is 35.1 Å². The largest absolute Gasteiger partial charge is 0.497 e. The lowest BCUT2D eigenvalue weighted by molar-refractivity contribution is -0.0368. The van der Waals surface area contributed by atoms with Crippen LogP contribution >= 0.6 is 0 Å². The summed E-state index contributed by atoms with van der Waals surface area (Å²) in [5, 5.41) is 1.83. The van der Waals surface area contributed by atoms with E-state index in [1.165, 1.54) is 0 Å². The van der Waals surface area contributed by atoms with E-state index >= 15 is 9.59 Å².